The van der Waals surface area contributed by atoms with Gasteiger partial charge >= 0.3 is 0 Å². The number of fused-ring (bicyclic) bond motifs is 1. The molecule has 1 aliphatic rings. The van der Waals surface area contributed by atoms with Crippen molar-refractivity contribution in [3.05, 3.63) is 52.4 Å². The van der Waals surface area contributed by atoms with E-state index in [4.69, 9.17) is 21.6 Å². The zero-order chi connectivity index (χ0) is 17.1. The van der Waals surface area contributed by atoms with E-state index in [1.165, 1.54) is 25.7 Å². The van der Waals surface area contributed by atoms with Crippen LogP contribution < -0.4 is 5.32 Å². The van der Waals surface area contributed by atoms with Crippen LogP contribution in [-0.2, 0) is 0 Å². The van der Waals surface area contributed by atoms with Crippen LogP contribution in [0.15, 0.2) is 47.4 Å². The zero-order valence-electron chi connectivity index (χ0n) is 14.0. The predicted molar refractivity (Wildman–Crippen MR) is 108 cm³/mol. The molecular weight excluding hydrogens is 350 g/mol. The molecule has 0 fully saturated rings. The van der Waals surface area contributed by atoms with Crippen LogP contribution in [0, 0.1) is 0 Å². The summed E-state index contributed by atoms with van der Waals surface area (Å²) in [6.07, 6.45) is 8.60. The second-order valence-corrected chi connectivity index (χ2v) is 7.62. The minimum atomic E-state index is 0.693. The summed E-state index contributed by atoms with van der Waals surface area (Å²) in [6.45, 7) is 0.893. The molecule has 0 amide bonds. The topological polar surface area (TPSA) is 37.8 Å². The third kappa shape index (κ3) is 3.70. The molecule has 0 saturated heterocycles. The normalized spacial score (nSPS) is 14.5. The Morgan fingerprint density at radius 2 is 2.04 bits per heavy atom. The van der Waals surface area contributed by atoms with E-state index in [1.807, 2.05) is 29.6 Å². The van der Waals surface area contributed by atoms with E-state index in [0.29, 0.717) is 10.8 Å². The molecule has 1 aliphatic carbocycles. The van der Waals surface area contributed by atoms with E-state index in [-0.39, 0.29) is 0 Å². The predicted octanol–water partition coefficient (Wildman–Crippen LogP) is 6.31. The third-order valence-corrected chi connectivity index (χ3v) is 5.88. The Kier molecular flexibility index (Phi) is 4.99. The van der Waals surface area contributed by atoms with Gasteiger partial charge in [0.25, 0.3) is 0 Å². The number of allylic oxidation sites excluding steroid dienone is 1. The number of hydrogen-bond donors (Lipinski definition) is 1. The third-order valence-electron chi connectivity index (χ3n) is 4.55. The second-order valence-electron chi connectivity index (χ2n) is 6.30. The number of nitrogens with zero attached hydrogens (tertiary/aromatic N) is 2. The Morgan fingerprint density at radius 1 is 1.12 bits per heavy atom. The fraction of sp³-hybridized carbons (Fsp3) is 0.300. The van der Waals surface area contributed by atoms with Crippen LogP contribution in [0.5, 0.6) is 0 Å². The maximum absolute atomic E-state index is 6.29. The fourth-order valence-electron chi connectivity index (χ4n) is 3.24. The highest BCUT2D eigenvalue weighted by atomic mass is 35.5. The van der Waals surface area contributed by atoms with Crippen LogP contribution in [0.4, 0.5) is 5.82 Å². The lowest BCUT2D eigenvalue weighted by Crippen LogP contribution is -2.07. The van der Waals surface area contributed by atoms with Crippen molar-refractivity contribution >= 4 is 39.7 Å². The summed E-state index contributed by atoms with van der Waals surface area (Å²) < 4.78 is 0. The van der Waals surface area contributed by atoms with Gasteiger partial charge in [0.1, 0.15) is 5.82 Å². The molecule has 1 aromatic carbocycles. The Hall–Kier alpha value is -1.91. The van der Waals surface area contributed by atoms with E-state index < -0.39 is 0 Å². The fourth-order valence-corrected chi connectivity index (χ4v) is 4.31. The standard InChI is InChI=1S/C20H20ClN3S/c21-16-11-13-25-18(16)20-23-17-9-5-4-8-15(17)19(24-20)22-12-10-14-6-2-1-3-7-14/h4-6,8-9,11,13H,1-3,7,10,12H2,(H,22,23,24). The summed E-state index contributed by atoms with van der Waals surface area (Å²) in [5.41, 5.74) is 2.51. The number of hydrogen-bond acceptors (Lipinski definition) is 4. The summed E-state index contributed by atoms with van der Waals surface area (Å²) in [5.74, 6) is 1.58. The lowest BCUT2D eigenvalue weighted by atomic mass is 9.97. The highest BCUT2D eigenvalue weighted by Crippen LogP contribution is 2.33. The number of aromatic nitrogens is 2. The van der Waals surface area contributed by atoms with Gasteiger partial charge in [-0.25, -0.2) is 9.97 Å². The highest BCUT2D eigenvalue weighted by Gasteiger charge is 2.13. The molecule has 0 spiro atoms. The largest absolute Gasteiger partial charge is 0.369 e. The van der Waals surface area contributed by atoms with Gasteiger partial charge in [-0.3, -0.25) is 0 Å². The second kappa shape index (κ2) is 7.54. The first-order valence-corrected chi connectivity index (χ1v) is 9.99. The van der Waals surface area contributed by atoms with Crippen molar-refractivity contribution in [1.82, 2.24) is 9.97 Å². The first-order chi connectivity index (χ1) is 12.3. The SMILES string of the molecule is Clc1ccsc1-c1nc(NCCC2=CCCCC2)c2ccccc2n1. The summed E-state index contributed by atoms with van der Waals surface area (Å²) in [6, 6.07) is 10.0. The lowest BCUT2D eigenvalue weighted by Gasteiger charge is -2.14. The van der Waals surface area contributed by atoms with Crippen LogP contribution in [0.1, 0.15) is 32.1 Å². The number of halogens is 1. The van der Waals surface area contributed by atoms with Gasteiger partial charge in [-0.2, -0.15) is 0 Å². The van der Waals surface area contributed by atoms with Crippen molar-refractivity contribution in [3.63, 3.8) is 0 Å². The average molecular weight is 370 g/mol. The first-order valence-electron chi connectivity index (χ1n) is 8.73. The van der Waals surface area contributed by atoms with E-state index >= 15 is 0 Å². The molecule has 3 nitrogen and oxygen atoms in total. The molecule has 3 aromatic rings. The van der Waals surface area contributed by atoms with Gasteiger partial charge in [0, 0.05) is 11.9 Å². The minimum Gasteiger partial charge on any atom is -0.369 e. The number of rotatable bonds is 5. The van der Waals surface area contributed by atoms with Gasteiger partial charge < -0.3 is 5.32 Å². The number of anilines is 1. The molecule has 0 saturated carbocycles. The molecular formula is C20H20ClN3S. The Morgan fingerprint density at radius 3 is 2.84 bits per heavy atom. The maximum Gasteiger partial charge on any atom is 0.173 e. The van der Waals surface area contributed by atoms with Gasteiger partial charge in [0.05, 0.1) is 15.4 Å². The molecule has 1 N–H and O–H groups in total. The van der Waals surface area contributed by atoms with Crippen LogP contribution >= 0.6 is 22.9 Å². The molecule has 0 atom stereocenters. The average Bonchev–Trinajstić information content (AvgIpc) is 3.08. The number of benzene rings is 1. The number of para-hydroxylation sites is 1. The maximum atomic E-state index is 6.29. The molecule has 0 radical (unpaired) electrons. The summed E-state index contributed by atoms with van der Waals surface area (Å²) in [4.78, 5) is 10.4. The highest BCUT2D eigenvalue weighted by molar-refractivity contribution is 7.14. The molecule has 128 valence electrons. The van der Waals surface area contributed by atoms with Crippen molar-refractivity contribution < 1.29 is 0 Å². The lowest BCUT2D eigenvalue weighted by molar-refractivity contribution is 0.679. The van der Waals surface area contributed by atoms with E-state index in [2.05, 4.69) is 17.5 Å². The summed E-state index contributed by atoms with van der Waals surface area (Å²) in [7, 11) is 0. The molecule has 2 aromatic heterocycles. The van der Waals surface area contributed by atoms with Gasteiger partial charge in [-0.15, -0.1) is 11.3 Å². The van der Waals surface area contributed by atoms with Crippen molar-refractivity contribution in [1.29, 1.82) is 0 Å². The molecule has 0 unspecified atom stereocenters. The van der Waals surface area contributed by atoms with E-state index in [1.54, 1.807) is 16.9 Å². The molecule has 0 aliphatic heterocycles. The van der Waals surface area contributed by atoms with E-state index in [9.17, 15) is 0 Å². The molecule has 5 heteroatoms. The minimum absolute atomic E-state index is 0.693. The number of thiophene rings is 1. The van der Waals surface area contributed by atoms with Gasteiger partial charge in [-0.1, -0.05) is 35.4 Å². The monoisotopic (exact) mass is 369 g/mol. The van der Waals surface area contributed by atoms with Crippen molar-refractivity contribution in [3.8, 4) is 10.7 Å². The molecule has 2 heterocycles. The Labute approximate surface area is 156 Å². The van der Waals surface area contributed by atoms with Gasteiger partial charge in [0.15, 0.2) is 5.82 Å². The Bertz CT molecular complexity index is 916. The van der Waals surface area contributed by atoms with Gasteiger partial charge in [0.2, 0.25) is 0 Å². The summed E-state index contributed by atoms with van der Waals surface area (Å²) >= 11 is 7.86. The Balaban J connectivity index is 1.62. The van der Waals surface area contributed by atoms with Crippen LogP contribution in [0.3, 0.4) is 0 Å². The van der Waals surface area contributed by atoms with E-state index in [0.717, 1.165) is 34.6 Å². The quantitative estimate of drug-likeness (QED) is 0.535. The van der Waals surface area contributed by atoms with Crippen LogP contribution in [0.25, 0.3) is 21.6 Å². The molecule has 4 rings (SSSR count). The van der Waals surface area contributed by atoms with Crippen molar-refractivity contribution in [2.75, 3.05) is 11.9 Å². The summed E-state index contributed by atoms with van der Waals surface area (Å²) in [5, 5.41) is 7.26. The van der Waals surface area contributed by atoms with Crippen LogP contribution in [-0.4, -0.2) is 16.5 Å². The van der Waals surface area contributed by atoms with Crippen LogP contribution in [0.2, 0.25) is 5.02 Å². The molecule has 0 bridgehead atoms. The van der Waals surface area contributed by atoms with Crippen molar-refractivity contribution in [2.24, 2.45) is 0 Å². The zero-order valence-corrected chi connectivity index (χ0v) is 15.5. The smallest absolute Gasteiger partial charge is 0.173 e. The first kappa shape index (κ1) is 16.6. The van der Waals surface area contributed by atoms with Crippen molar-refractivity contribution in [2.45, 2.75) is 32.1 Å². The number of nitrogens with one attached hydrogen (secondary N) is 1. The molecule has 25 heavy (non-hydrogen) atoms. The van der Waals surface area contributed by atoms with Gasteiger partial charge in [-0.05, 0) is 55.7 Å².